The number of fused-ring (bicyclic) bond motifs is 1. The molecule has 2 heterocycles. The lowest BCUT2D eigenvalue weighted by molar-refractivity contribution is 0.0657. The van der Waals surface area contributed by atoms with Crippen molar-refractivity contribution in [3.63, 3.8) is 0 Å². The number of amides is 1. The van der Waals surface area contributed by atoms with Gasteiger partial charge in [-0.15, -0.1) is 11.3 Å². The predicted molar refractivity (Wildman–Crippen MR) is 57.4 cm³/mol. The number of rotatable bonds is 1. The van der Waals surface area contributed by atoms with Gasteiger partial charge in [-0.2, -0.15) is 0 Å². The van der Waals surface area contributed by atoms with Crippen LogP contribution in [0, 0.1) is 0 Å². The lowest BCUT2D eigenvalue weighted by atomic mass is 10.1. The summed E-state index contributed by atoms with van der Waals surface area (Å²) in [6, 6.07) is 2.03. The third-order valence-corrected chi connectivity index (χ3v) is 3.67. The van der Waals surface area contributed by atoms with Gasteiger partial charge in [0.1, 0.15) is 6.10 Å². The molecule has 4 nitrogen and oxygen atoms in total. The van der Waals surface area contributed by atoms with E-state index in [1.54, 1.807) is 18.4 Å². The molecule has 1 aliphatic heterocycles. The monoisotopic (exact) mass is 227 g/mol. The molecule has 0 fully saturated rings. The highest BCUT2D eigenvalue weighted by atomic mass is 32.1. The van der Waals surface area contributed by atoms with Crippen LogP contribution in [0.25, 0.3) is 0 Å². The molecule has 0 bridgehead atoms. The van der Waals surface area contributed by atoms with E-state index in [0.717, 1.165) is 12.0 Å². The van der Waals surface area contributed by atoms with Crippen LogP contribution in [0.1, 0.15) is 16.5 Å². The van der Waals surface area contributed by atoms with Crippen LogP contribution in [-0.2, 0) is 11.2 Å². The zero-order chi connectivity index (χ0) is 10.8. The minimum absolute atomic E-state index is 0.121. The van der Waals surface area contributed by atoms with Crippen molar-refractivity contribution in [2.75, 3.05) is 20.2 Å². The molecule has 5 heteroatoms. The van der Waals surface area contributed by atoms with Gasteiger partial charge in [-0.05, 0) is 23.4 Å². The summed E-state index contributed by atoms with van der Waals surface area (Å²) < 4.78 is 5.34. The lowest BCUT2D eigenvalue weighted by Gasteiger charge is -2.20. The van der Waals surface area contributed by atoms with Crippen LogP contribution in [0.2, 0.25) is 0 Å². The number of ether oxygens (including phenoxy) is 1. The first-order chi connectivity index (χ1) is 7.22. The maximum atomic E-state index is 10.9. The highest BCUT2D eigenvalue weighted by Gasteiger charge is 2.25. The van der Waals surface area contributed by atoms with Crippen LogP contribution < -0.4 is 0 Å². The molecule has 0 aromatic carbocycles. The van der Waals surface area contributed by atoms with E-state index in [9.17, 15) is 4.79 Å². The van der Waals surface area contributed by atoms with Gasteiger partial charge in [-0.25, -0.2) is 4.79 Å². The molecular formula is C10H13NO3S. The number of hydrogen-bond donors (Lipinski definition) is 1. The van der Waals surface area contributed by atoms with E-state index in [2.05, 4.69) is 0 Å². The fourth-order valence-electron chi connectivity index (χ4n) is 1.84. The Balaban J connectivity index is 2.24. The van der Waals surface area contributed by atoms with Crippen molar-refractivity contribution in [1.29, 1.82) is 0 Å². The summed E-state index contributed by atoms with van der Waals surface area (Å²) in [4.78, 5) is 13.6. The number of nitrogens with zero attached hydrogens (tertiary/aromatic N) is 1. The Morgan fingerprint density at radius 2 is 2.53 bits per heavy atom. The fourth-order valence-corrected chi connectivity index (χ4v) is 2.77. The van der Waals surface area contributed by atoms with Crippen LogP contribution in [0.3, 0.4) is 0 Å². The van der Waals surface area contributed by atoms with Gasteiger partial charge in [0.2, 0.25) is 0 Å². The third kappa shape index (κ3) is 1.98. The Morgan fingerprint density at radius 3 is 3.20 bits per heavy atom. The van der Waals surface area contributed by atoms with E-state index in [0.29, 0.717) is 13.1 Å². The molecule has 0 unspecified atom stereocenters. The van der Waals surface area contributed by atoms with E-state index in [4.69, 9.17) is 9.84 Å². The van der Waals surface area contributed by atoms with Crippen molar-refractivity contribution in [3.8, 4) is 0 Å². The van der Waals surface area contributed by atoms with E-state index >= 15 is 0 Å². The van der Waals surface area contributed by atoms with Crippen LogP contribution in [0.5, 0.6) is 0 Å². The summed E-state index contributed by atoms with van der Waals surface area (Å²) in [7, 11) is 1.62. The fraction of sp³-hybridized carbons (Fsp3) is 0.500. The summed E-state index contributed by atoms with van der Waals surface area (Å²) >= 11 is 1.67. The van der Waals surface area contributed by atoms with Gasteiger partial charge < -0.3 is 14.7 Å². The van der Waals surface area contributed by atoms with Crippen LogP contribution in [0.15, 0.2) is 11.4 Å². The predicted octanol–water partition coefficient (Wildman–Crippen LogP) is 1.97. The molecule has 1 aromatic rings. The van der Waals surface area contributed by atoms with Gasteiger partial charge in [0.15, 0.2) is 0 Å². The second-order valence-electron chi connectivity index (χ2n) is 3.50. The Bertz CT molecular complexity index is 363. The topological polar surface area (TPSA) is 49.8 Å². The first-order valence-electron chi connectivity index (χ1n) is 4.79. The summed E-state index contributed by atoms with van der Waals surface area (Å²) in [5.41, 5.74) is 1.14. The molecule has 0 saturated carbocycles. The van der Waals surface area contributed by atoms with Crippen molar-refractivity contribution < 1.29 is 14.6 Å². The largest absolute Gasteiger partial charge is 0.465 e. The molecular weight excluding hydrogens is 214 g/mol. The Hall–Kier alpha value is -1.07. The van der Waals surface area contributed by atoms with Crippen molar-refractivity contribution >= 4 is 17.4 Å². The standard InChI is InChI=1S/C10H13NO3S/c1-14-8-6-11(10(12)13)4-2-9-7(8)3-5-15-9/h3,5,8H,2,4,6H2,1H3,(H,12,13)/t8-/m1/s1. The van der Waals surface area contributed by atoms with Gasteiger partial charge in [0.05, 0.1) is 6.54 Å². The maximum Gasteiger partial charge on any atom is 0.407 e. The highest BCUT2D eigenvalue weighted by Crippen LogP contribution is 2.29. The molecule has 0 spiro atoms. The van der Waals surface area contributed by atoms with Crippen LogP contribution in [-0.4, -0.2) is 36.3 Å². The van der Waals surface area contributed by atoms with Gasteiger partial charge in [0.25, 0.3) is 0 Å². The van der Waals surface area contributed by atoms with E-state index < -0.39 is 6.09 Å². The summed E-state index contributed by atoms with van der Waals surface area (Å²) in [5, 5.41) is 11.0. The normalized spacial score (nSPS) is 20.9. The SMILES string of the molecule is CO[C@@H]1CN(C(=O)O)CCc2sccc21. The molecule has 1 N–H and O–H groups in total. The van der Waals surface area contributed by atoms with Gasteiger partial charge >= 0.3 is 6.09 Å². The quantitative estimate of drug-likeness (QED) is 0.798. The second kappa shape index (κ2) is 4.20. The average Bonchev–Trinajstić information content (AvgIpc) is 2.59. The molecule has 82 valence electrons. The number of thiophene rings is 1. The number of carbonyl (C=O) groups is 1. The zero-order valence-electron chi connectivity index (χ0n) is 8.47. The van der Waals surface area contributed by atoms with E-state index in [1.165, 1.54) is 9.78 Å². The van der Waals surface area contributed by atoms with Crippen molar-refractivity contribution in [3.05, 3.63) is 21.9 Å². The second-order valence-corrected chi connectivity index (χ2v) is 4.50. The molecule has 1 aliphatic rings. The van der Waals surface area contributed by atoms with Gasteiger partial charge in [0, 0.05) is 18.5 Å². The molecule has 0 radical (unpaired) electrons. The minimum atomic E-state index is -0.868. The van der Waals surface area contributed by atoms with E-state index in [1.807, 2.05) is 11.4 Å². The van der Waals surface area contributed by atoms with Crippen molar-refractivity contribution in [1.82, 2.24) is 4.90 Å². The average molecular weight is 227 g/mol. The third-order valence-electron chi connectivity index (χ3n) is 2.68. The Kier molecular flexibility index (Phi) is 2.93. The number of methoxy groups -OCH3 is 1. The molecule has 1 atom stereocenters. The molecule has 1 amide bonds. The first kappa shape index (κ1) is 10.4. The molecule has 2 rings (SSSR count). The first-order valence-corrected chi connectivity index (χ1v) is 5.67. The van der Waals surface area contributed by atoms with Gasteiger partial charge in [-0.3, -0.25) is 0 Å². The number of hydrogen-bond acceptors (Lipinski definition) is 3. The lowest BCUT2D eigenvalue weighted by Crippen LogP contribution is -2.33. The number of carboxylic acid groups (broad SMARTS) is 1. The minimum Gasteiger partial charge on any atom is -0.465 e. The maximum absolute atomic E-state index is 10.9. The highest BCUT2D eigenvalue weighted by molar-refractivity contribution is 7.10. The summed E-state index contributed by atoms with van der Waals surface area (Å²) in [6.07, 6.45) is -0.198. The van der Waals surface area contributed by atoms with Crippen LogP contribution >= 0.6 is 11.3 Å². The van der Waals surface area contributed by atoms with Crippen LogP contribution in [0.4, 0.5) is 4.79 Å². The molecule has 0 aliphatic carbocycles. The van der Waals surface area contributed by atoms with Gasteiger partial charge in [-0.1, -0.05) is 0 Å². The Labute approximate surface area is 92.1 Å². The van der Waals surface area contributed by atoms with Crippen molar-refractivity contribution in [2.45, 2.75) is 12.5 Å². The summed E-state index contributed by atoms with van der Waals surface area (Å²) in [5.74, 6) is 0. The molecule has 15 heavy (non-hydrogen) atoms. The van der Waals surface area contributed by atoms with Crippen molar-refractivity contribution in [2.24, 2.45) is 0 Å². The smallest absolute Gasteiger partial charge is 0.407 e. The Morgan fingerprint density at radius 1 is 1.73 bits per heavy atom. The summed E-state index contributed by atoms with van der Waals surface area (Å²) in [6.45, 7) is 0.984. The van der Waals surface area contributed by atoms with E-state index in [-0.39, 0.29) is 6.10 Å². The molecule has 0 saturated heterocycles. The zero-order valence-corrected chi connectivity index (χ0v) is 9.29. The molecule has 1 aromatic heterocycles.